The molecule has 3 nitrogen and oxygen atoms in total. The van der Waals surface area contributed by atoms with E-state index in [-0.39, 0.29) is 0 Å². The molecule has 0 radical (unpaired) electrons. The topological polar surface area (TPSA) is 51.2 Å². The Labute approximate surface area is 103 Å². The second kappa shape index (κ2) is 4.57. The molecule has 2 rings (SSSR count). The van der Waals surface area contributed by atoms with Crippen molar-refractivity contribution in [2.24, 2.45) is 12.8 Å². The molecule has 0 spiro atoms. The van der Waals surface area contributed by atoms with Crippen LogP contribution in [0.2, 0.25) is 0 Å². The van der Waals surface area contributed by atoms with Crippen LogP contribution in [0.5, 0.6) is 0 Å². The maximum Gasteiger partial charge on any atom is 0.0963 e. The number of halogens is 1. The largest absolute Gasteiger partial charge is 0.387 e. The summed E-state index contributed by atoms with van der Waals surface area (Å²) in [7, 11) is 1.96. The van der Waals surface area contributed by atoms with Crippen LogP contribution >= 0.6 is 15.9 Å². The number of rotatable bonds is 3. The van der Waals surface area contributed by atoms with Crippen molar-refractivity contribution in [2.75, 3.05) is 6.54 Å². The molecule has 1 atom stereocenters. The predicted molar refractivity (Wildman–Crippen MR) is 69.3 cm³/mol. The standard InChI is InChI=1S/C12H15BrN2O/c1-15-9-5-3-2-4-8(9)11(13)12(15)10(16)6-7-14/h2-5,10,16H,6-7,14H2,1H3/t10-/m0/s1. The van der Waals surface area contributed by atoms with Gasteiger partial charge in [0.1, 0.15) is 0 Å². The third kappa shape index (κ3) is 1.77. The smallest absolute Gasteiger partial charge is 0.0963 e. The Bertz CT molecular complexity index is 468. The summed E-state index contributed by atoms with van der Waals surface area (Å²) >= 11 is 3.55. The number of aromatic nitrogens is 1. The van der Waals surface area contributed by atoms with Gasteiger partial charge in [-0.1, -0.05) is 18.2 Å². The van der Waals surface area contributed by atoms with E-state index in [0.29, 0.717) is 13.0 Å². The van der Waals surface area contributed by atoms with Gasteiger partial charge in [0.15, 0.2) is 0 Å². The lowest BCUT2D eigenvalue weighted by Gasteiger charge is -2.11. The quantitative estimate of drug-likeness (QED) is 0.908. The molecule has 0 aliphatic rings. The van der Waals surface area contributed by atoms with E-state index in [2.05, 4.69) is 15.9 Å². The minimum Gasteiger partial charge on any atom is -0.387 e. The lowest BCUT2D eigenvalue weighted by Crippen LogP contribution is -2.10. The van der Waals surface area contributed by atoms with Gasteiger partial charge >= 0.3 is 0 Å². The molecular formula is C12H15BrN2O. The molecule has 0 bridgehead atoms. The molecular weight excluding hydrogens is 268 g/mol. The zero-order valence-corrected chi connectivity index (χ0v) is 10.7. The molecule has 0 unspecified atom stereocenters. The molecule has 16 heavy (non-hydrogen) atoms. The highest BCUT2D eigenvalue weighted by molar-refractivity contribution is 9.10. The van der Waals surface area contributed by atoms with Gasteiger partial charge in [0.05, 0.1) is 11.8 Å². The van der Waals surface area contributed by atoms with Crippen molar-refractivity contribution in [3.05, 3.63) is 34.4 Å². The molecule has 0 aliphatic carbocycles. The van der Waals surface area contributed by atoms with Crippen LogP contribution in [0.25, 0.3) is 10.9 Å². The first-order chi connectivity index (χ1) is 7.66. The summed E-state index contributed by atoms with van der Waals surface area (Å²) < 4.78 is 2.98. The summed E-state index contributed by atoms with van der Waals surface area (Å²) in [5.41, 5.74) is 7.48. The number of nitrogens with zero attached hydrogens (tertiary/aromatic N) is 1. The van der Waals surface area contributed by atoms with Crippen molar-refractivity contribution in [1.82, 2.24) is 4.57 Å². The number of hydrogen-bond acceptors (Lipinski definition) is 2. The maximum atomic E-state index is 10.1. The second-order valence-electron chi connectivity index (χ2n) is 3.87. The highest BCUT2D eigenvalue weighted by atomic mass is 79.9. The monoisotopic (exact) mass is 282 g/mol. The Morgan fingerprint density at radius 3 is 2.75 bits per heavy atom. The third-order valence-electron chi connectivity index (χ3n) is 2.84. The molecule has 3 N–H and O–H groups in total. The zero-order valence-electron chi connectivity index (χ0n) is 9.15. The molecule has 1 heterocycles. The average Bonchev–Trinajstić information content (AvgIpc) is 2.53. The predicted octanol–water partition coefficient (Wildman–Crippen LogP) is 2.32. The lowest BCUT2D eigenvalue weighted by atomic mass is 10.2. The molecule has 1 aromatic carbocycles. The van der Waals surface area contributed by atoms with Crippen molar-refractivity contribution in [2.45, 2.75) is 12.5 Å². The van der Waals surface area contributed by atoms with E-state index in [9.17, 15) is 5.11 Å². The van der Waals surface area contributed by atoms with Gasteiger partial charge in [0, 0.05) is 22.4 Å². The summed E-state index contributed by atoms with van der Waals surface area (Å²) in [5.74, 6) is 0. The van der Waals surface area contributed by atoms with Crippen molar-refractivity contribution >= 4 is 26.8 Å². The second-order valence-corrected chi connectivity index (χ2v) is 4.66. The SMILES string of the molecule is Cn1c([C@@H](O)CCN)c(Br)c2ccccc21. The van der Waals surface area contributed by atoms with Crippen LogP contribution in [0.3, 0.4) is 0 Å². The molecule has 86 valence electrons. The zero-order chi connectivity index (χ0) is 11.7. The first-order valence-corrected chi connectivity index (χ1v) is 6.07. The van der Waals surface area contributed by atoms with Crippen LogP contribution in [0.15, 0.2) is 28.7 Å². The summed E-state index contributed by atoms with van der Waals surface area (Å²) in [6.45, 7) is 0.481. The molecule has 1 aromatic heterocycles. The van der Waals surface area contributed by atoms with Gasteiger partial charge in [-0.15, -0.1) is 0 Å². The highest BCUT2D eigenvalue weighted by Crippen LogP contribution is 2.34. The van der Waals surface area contributed by atoms with Crippen molar-refractivity contribution in [3.8, 4) is 0 Å². The van der Waals surface area contributed by atoms with Gasteiger partial charge in [-0.2, -0.15) is 0 Å². The van der Waals surface area contributed by atoms with E-state index in [0.717, 1.165) is 21.1 Å². The number of hydrogen-bond donors (Lipinski definition) is 2. The Morgan fingerprint density at radius 1 is 1.44 bits per heavy atom. The first kappa shape index (κ1) is 11.6. The third-order valence-corrected chi connectivity index (χ3v) is 3.68. The van der Waals surface area contributed by atoms with Crippen LogP contribution in [0.1, 0.15) is 18.2 Å². The van der Waals surface area contributed by atoms with Crippen molar-refractivity contribution in [1.29, 1.82) is 0 Å². The summed E-state index contributed by atoms with van der Waals surface area (Å²) in [6.07, 6.45) is 0.0553. The molecule has 0 aliphatic heterocycles. The number of para-hydroxylation sites is 1. The molecule has 0 fully saturated rings. The number of aliphatic hydroxyl groups is 1. The Morgan fingerprint density at radius 2 is 2.12 bits per heavy atom. The van der Waals surface area contributed by atoms with Crippen LogP contribution < -0.4 is 5.73 Å². The van der Waals surface area contributed by atoms with E-state index < -0.39 is 6.10 Å². The number of benzene rings is 1. The van der Waals surface area contributed by atoms with E-state index in [1.807, 2.05) is 35.9 Å². The van der Waals surface area contributed by atoms with Crippen LogP contribution in [0.4, 0.5) is 0 Å². The summed E-state index contributed by atoms with van der Waals surface area (Å²) in [6, 6.07) is 8.07. The van der Waals surface area contributed by atoms with E-state index in [1.165, 1.54) is 0 Å². The maximum absolute atomic E-state index is 10.1. The molecule has 2 aromatic rings. The number of aliphatic hydroxyl groups excluding tert-OH is 1. The molecule has 4 heteroatoms. The first-order valence-electron chi connectivity index (χ1n) is 5.27. The minimum atomic E-state index is -0.517. The van der Waals surface area contributed by atoms with Gasteiger partial charge in [-0.3, -0.25) is 0 Å². The van der Waals surface area contributed by atoms with Crippen LogP contribution in [-0.2, 0) is 7.05 Å². The van der Waals surface area contributed by atoms with Crippen LogP contribution in [-0.4, -0.2) is 16.2 Å². The van der Waals surface area contributed by atoms with Crippen molar-refractivity contribution < 1.29 is 5.11 Å². The normalized spacial score (nSPS) is 13.2. The van der Waals surface area contributed by atoms with Gasteiger partial charge in [0.25, 0.3) is 0 Å². The summed E-state index contributed by atoms with van der Waals surface area (Å²) in [4.78, 5) is 0. The number of fused-ring (bicyclic) bond motifs is 1. The molecule has 0 saturated carbocycles. The summed E-state index contributed by atoms with van der Waals surface area (Å²) in [5, 5.41) is 11.2. The van der Waals surface area contributed by atoms with Gasteiger partial charge in [0.2, 0.25) is 0 Å². The van der Waals surface area contributed by atoms with E-state index >= 15 is 0 Å². The lowest BCUT2D eigenvalue weighted by molar-refractivity contribution is 0.162. The number of nitrogens with two attached hydrogens (primary N) is 1. The van der Waals surface area contributed by atoms with Crippen LogP contribution in [0, 0.1) is 0 Å². The average molecular weight is 283 g/mol. The van der Waals surface area contributed by atoms with E-state index in [1.54, 1.807) is 0 Å². The fourth-order valence-electron chi connectivity index (χ4n) is 2.03. The Kier molecular flexibility index (Phi) is 3.33. The van der Waals surface area contributed by atoms with Gasteiger partial charge in [-0.05, 0) is 35.0 Å². The van der Waals surface area contributed by atoms with Gasteiger partial charge in [-0.25, -0.2) is 0 Å². The Balaban J connectivity index is 2.61. The number of aryl methyl sites for hydroxylation is 1. The van der Waals surface area contributed by atoms with E-state index in [4.69, 9.17) is 5.73 Å². The minimum absolute atomic E-state index is 0.481. The molecule has 0 saturated heterocycles. The fraction of sp³-hybridized carbons (Fsp3) is 0.333. The van der Waals surface area contributed by atoms with Crippen molar-refractivity contribution in [3.63, 3.8) is 0 Å². The fourth-order valence-corrected chi connectivity index (χ4v) is 2.90. The molecule has 0 amide bonds. The Hall–Kier alpha value is -0.840. The van der Waals surface area contributed by atoms with Gasteiger partial charge < -0.3 is 15.4 Å². The highest BCUT2D eigenvalue weighted by Gasteiger charge is 2.18.